The van der Waals surface area contributed by atoms with E-state index < -0.39 is 0 Å². The fraction of sp³-hybridized carbons (Fsp3) is 0.200. The highest BCUT2D eigenvalue weighted by Gasteiger charge is 1.96. The van der Waals surface area contributed by atoms with E-state index in [9.17, 15) is 0 Å². The molecule has 0 aromatic heterocycles. The average Bonchev–Trinajstić information content (AvgIpc) is 2.09. The second-order valence-corrected chi connectivity index (χ2v) is 2.59. The number of allylic oxidation sites excluding steroid dienone is 4. The summed E-state index contributed by atoms with van der Waals surface area (Å²) in [5, 5.41) is 0. The molecule has 0 unspecified atom stereocenters. The van der Waals surface area contributed by atoms with Gasteiger partial charge in [-0.05, 0) is 19.7 Å². The lowest BCUT2D eigenvalue weighted by atomic mass is 10.1. The molecule has 0 fully saturated rings. The van der Waals surface area contributed by atoms with Crippen molar-refractivity contribution in [1.29, 1.82) is 0 Å². The van der Waals surface area contributed by atoms with E-state index in [1.807, 2.05) is 6.08 Å². The molecule has 0 atom stereocenters. The third-order valence-electron chi connectivity index (χ3n) is 1.58. The van der Waals surface area contributed by atoms with Crippen LogP contribution in [0.1, 0.15) is 13.3 Å². The molecule has 0 radical (unpaired) electrons. The number of rotatable bonds is 2. The van der Waals surface area contributed by atoms with Gasteiger partial charge in [0.25, 0.3) is 0 Å². The smallest absolute Gasteiger partial charge is 0.0454 e. The Labute approximate surface area is 72.7 Å². The fourth-order valence-corrected chi connectivity index (χ4v) is 0.901. The van der Waals surface area contributed by atoms with Gasteiger partial charge in [-0.15, -0.1) is 0 Å². The third kappa shape index (κ3) is 2.66. The van der Waals surface area contributed by atoms with Crippen molar-refractivity contribution in [2.75, 3.05) is 0 Å². The van der Waals surface area contributed by atoms with Gasteiger partial charge in [0.15, 0.2) is 0 Å². The number of nitrogens with zero attached hydrogens (tertiary/aromatic N) is 2. The monoisotopic (exact) mass is 160 g/mol. The van der Waals surface area contributed by atoms with Gasteiger partial charge in [-0.3, -0.25) is 9.98 Å². The molecular formula is C10H12N2. The minimum absolute atomic E-state index is 0.907. The van der Waals surface area contributed by atoms with Gasteiger partial charge in [-0.2, -0.15) is 0 Å². The standard InChI is InChI=1S/C10H12N2/c1-9-3-5-10(6-4-9)12-8-7-11-2/h3-5,7-8H,2,6H2,1H3/b8-7-,12-10?. The van der Waals surface area contributed by atoms with Crippen molar-refractivity contribution in [3.05, 3.63) is 36.2 Å². The highest BCUT2D eigenvalue weighted by molar-refractivity contribution is 5.97. The maximum Gasteiger partial charge on any atom is 0.0454 e. The minimum atomic E-state index is 0.907. The Hall–Kier alpha value is -1.44. The summed E-state index contributed by atoms with van der Waals surface area (Å²) in [6.07, 6.45) is 10.4. The number of hydrogen-bond acceptors (Lipinski definition) is 2. The molecule has 2 nitrogen and oxygen atoms in total. The van der Waals surface area contributed by atoms with Crippen molar-refractivity contribution in [1.82, 2.24) is 0 Å². The number of aliphatic imine (C=N–C) groups is 2. The van der Waals surface area contributed by atoms with Crippen LogP contribution in [-0.2, 0) is 0 Å². The van der Waals surface area contributed by atoms with E-state index >= 15 is 0 Å². The van der Waals surface area contributed by atoms with E-state index in [-0.39, 0.29) is 0 Å². The highest BCUT2D eigenvalue weighted by Crippen LogP contribution is 2.06. The predicted octanol–water partition coefficient (Wildman–Crippen LogP) is 2.51. The van der Waals surface area contributed by atoms with E-state index in [2.05, 4.69) is 35.8 Å². The molecular weight excluding hydrogens is 148 g/mol. The van der Waals surface area contributed by atoms with Crippen LogP contribution in [0.4, 0.5) is 0 Å². The molecule has 0 aromatic carbocycles. The molecule has 0 heterocycles. The molecule has 1 aliphatic carbocycles. The van der Waals surface area contributed by atoms with Crippen molar-refractivity contribution in [3.8, 4) is 0 Å². The van der Waals surface area contributed by atoms with Crippen LogP contribution in [0.25, 0.3) is 0 Å². The van der Waals surface area contributed by atoms with Gasteiger partial charge >= 0.3 is 0 Å². The molecule has 0 amide bonds. The molecule has 0 N–H and O–H groups in total. The molecule has 12 heavy (non-hydrogen) atoms. The summed E-state index contributed by atoms with van der Waals surface area (Å²) in [5.41, 5.74) is 2.35. The Balaban J connectivity index is 2.58. The lowest BCUT2D eigenvalue weighted by Gasteiger charge is -2.01. The SMILES string of the molecule is C=N/C=C\N=C1C=CC(C)=CC1. The lowest BCUT2D eigenvalue weighted by Crippen LogP contribution is -1.95. The maximum atomic E-state index is 4.18. The quantitative estimate of drug-likeness (QED) is 0.554. The fourth-order valence-electron chi connectivity index (χ4n) is 0.901. The molecule has 0 aliphatic heterocycles. The summed E-state index contributed by atoms with van der Waals surface area (Å²) < 4.78 is 0. The van der Waals surface area contributed by atoms with Gasteiger partial charge in [0.1, 0.15) is 0 Å². The molecule has 0 saturated heterocycles. The van der Waals surface area contributed by atoms with Gasteiger partial charge in [0.2, 0.25) is 0 Å². The first-order valence-corrected chi connectivity index (χ1v) is 3.85. The van der Waals surface area contributed by atoms with Gasteiger partial charge in [-0.25, -0.2) is 0 Å². The maximum absolute atomic E-state index is 4.18. The van der Waals surface area contributed by atoms with Crippen LogP contribution < -0.4 is 0 Å². The lowest BCUT2D eigenvalue weighted by molar-refractivity contribution is 1.33. The zero-order chi connectivity index (χ0) is 8.81. The van der Waals surface area contributed by atoms with E-state index in [1.165, 1.54) is 5.57 Å². The summed E-state index contributed by atoms with van der Waals surface area (Å²) in [6, 6.07) is 0. The van der Waals surface area contributed by atoms with E-state index in [4.69, 9.17) is 0 Å². The molecule has 1 aliphatic rings. The van der Waals surface area contributed by atoms with E-state index in [0.717, 1.165) is 12.1 Å². The van der Waals surface area contributed by atoms with Gasteiger partial charge < -0.3 is 0 Å². The predicted molar refractivity (Wildman–Crippen MR) is 53.6 cm³/mol. The van der Waals surface area contributed by atoms with Gasteiger partial charge in [-0.1, -0.05) is 17.7 Å². The molecule has 0 bridgehead atoms. The second-order valence-electron chi connectivity index (χ2n) is 2.59. The Morgan fingerprint density at radius 3 is 2.83 bits per heavy atom. The van der Waals surface area contributed by atoms with Crippen LogP contribution >= 0.6 is 0 Å². The van der Waals surface area contributed by atoms with Crippen molar-refractivity contribution in [2.24, 2.45) is 9.98 Å². The highest BCUT2D eigenvalue weighted by atomic mass is 14.7. The van der Waals surface area contributed by atoms with Crippen molar-refractivity contribution >= 4 is 12.4 Å². The summed E-state index contributed by atoms with van der Waals surface area (Å²) in [6.45, 7) is 5.40. The van der Waals surface area contributed by atoms with Crippen LogP contribution in [0.3, 0.4) is 0 Å². The summed E-state index contributed by atoms with van der Waals surface area (Å²) >= 11 is 0. The Morgan fingerprint density at radius 1 is 1.42 bits per heavy atom. The van der Waals surface area contributed by atoms with Crippen molar-refractivity contribution in [2.45, 2.75) is 13.3 Å². The molecule has 62 valence electrons. The molecule has 0 aromatic rings. The summed E-state index contributed by atoms with van der Waals surface area (Å²) in [4.78, 5) is 7.74. The normalized spacial score (nSPS) is 20.1. The van der Waals surface area contributed by atoms with Crippen LogP contribution in [0.5, 0.6) is 0 Å². The van der Waals surface area contributed by atoms with Crippen LogP contribution in [0, 0.1) is 0 Å². The van der Waals surface area contributed by atoms with Crippen LogP contribution in [-0.4, -0.2) is 12.4 Å². The van der Waals surface area contributed by atoms with E-state index in [1.54, 1.807) is 12.4 Å². The first kappa shape index (κ1) is 8.65. The topological polar surface area (TPSA) is 24.7 Å². The van der Waals surface area contributed by atoms with Crippen molar-refractivity contribution in [3.63, 3.8) is 0 Å². The summed E-state index contributed by atoms with van der Waals surface area (Å²) in [7, 11) is 0. The third-order valence-corrected chi connectivity index (χ3v) is 1.58. The molecule has 2 heteroatoms. The largest absolute Gasteiger partial charge is 0.271 e. The zero-order valence-corrected chi connectivity index (χ0v) is 7.20. The van der Waals surface area contributed by atoms with Gasteiger partial charge in [0.05, 0.1) is 0 Å². The zero-order valence-electron chi connectivity index (χ0n) is 7.20. The first-order chi connectivity index (χ1) is 5.83. The average molecular weight is 160 g/mol. The first-order valence-electron chi connectivity index (χ1n) is 3.85. The minimum Gasteiger partial charge on any atom is -0.271 e. The molecule has 1 rings (SSSR count). The van der Waals surface area contributed by atoms with Gasteiger partial charge in [0, 0.05) is 24.5 Å². The summed E-state index contributed by atoms with van der Waals surface area (Å²) in [5.74, 6) is 0. The van der Waals surface area contributed by atoms with Crippen LogP contribution in [0.2, 0.25) is 0 Å². The molecule has 0 spiro atoms. The molecule has 0 saturated carbocycles. The number of hydrogen-bond donors (Lipinski definition) is 0. The van der Waals surface area contributed by atoms with Crippen molar-refractivity contribution < 1.29 is 0 Å². The second kappa shape index (κ2) is 4.44. The van der Waals surface area contributed by atoms with E-state index in [0.29, 0.717) is 0 Å². The Morgan fingerprint density at radius 2 is 2.25 bits per heavy atom. The van der Waals surface area contributed by atoms with Crippen LogP contribution in [0.15, 0.2) is 46.2 Å². The Bertz CT molecular complexity index is 280. The Kier molecular flexibility index (Phi) is 3.20.